The van der Waals surface area contributed by atoms with Gasteiger partial charge >= 0.3 is 0 Å². The van der Waals surface area contributed by atoms with Crippen molar-refractivity contribution in [1.29, 1.82) is 0 Å². The molecular formula is C14H23NOS. The lowest BCUT2D eigenvalue weighted by Crippen LogP contribution is -2.41. The first kappa shape index (κ1) is 13.1. The number of aryl methyl sites for hydroxylation is 2. The first-order valence-corrected chi connectivity index (χ1v) is 7.40. The van der Waals surface area contributed by atoms with Crippen molar-refractivity contribution in [3.63, 3.8) is 0 Å². The van der Waals surface area contributed by atoms with E-state index < -0.39 is 5.60 Å². The quantitative estimate of drug-likeness (QED) is 0.864. The van der Waals surface area contributed by atoms with E-state index in [2.05, 4.69) is 25.2 Å². The van der Waals surface area contributed by atoms with Gasteiger partial charge < -0.3 is 10.4 Å². The Kier molecular flexibility index (Phi) is 4.23. The van der Waals surface area contributed by atoms with Crippen molar-refractivity contribution in [3.8, 4) is 0 Å². The normalized spacial score (nSPS) is 19.5. The van der Waals surface area contributed by atoms with Crippen molar-refractivity contribution in [2.75, 3.05) is 6.54 Å². The fraction of sp³-hybridized carbons (Fsp3) is 0.714. The third-order valence-electron chi connectivity index (χ3n) is 3.75. The summed E-state index contributed by atoms with van der Waals surface area (Å²) in [6, 6.07) is 2.25. The van der Waals surface area contributed by atoms with E-state index in [-0.39, 0.29) is 0 Å². The van der Waals surface area contributed by atoms with Crippen LogP contribution in [0.15, 0.2) is 6.07 Å². The van der Waals surface area contributed by atoms with Crippen LogP contribution in [0.25, 0.3) is 0 Å². The fourth-order valence-corrected chi connectivity index (χ4v) is 3.57. The second-order valence-electron chi connectivity index (χ2n) is 5.34. The van der Waals surface area contributed by atoms with E-state index in [0.717, 1.165) is 25.9 Å². The van der Waals surface area contributed by atoms with Gasteiger partial charge in [-0.25, -0.2) is 0 Å². The maximum atomic E-state index is 10.3. The van der Waals surface area contributed by atoms with Gasteiger partial charge in [0.15, 0.2) is 0 Å². The van der Waals surface area contributed by atoms with Gasteiger partial charge in [0.05, 0.1) is 5.60 Å². The van der Waals surface area contributed by atoms with Gasteiger partial charge in [-0.15, -0.1) is 11.3 Å². The highest BCUT2D eigenvalue weighted by atomic mass is 32.1. The maximum Gasteiger partial charge on any atom is 0.0771 e. The lowest BCUT2D eigenvalue weighted by molar-refractivity contribution is 0.00472. The van der Waals surface area contributed by atoms with Crippen LogP contribution in [0.1, 0.15) is 47.4 Å². The lowest BCUT2D eigenvalue weighted by atomic mass is 9.85. The Morgan fingerprint density at radius 3 is 2.59 bits per heavy atom. The molecular weight excluding hydrogens is 230 g/mol. The number of rotatable bonds is 4. The molecule has 0 atom stereocenters. The number of nitrogens with one attached hydrogen (secondary N) is 1. The highest BCUT2D eigenvalue weighted by Gasteiger charge is 2.28. The first-order valence-electron chi connectivity index (χ1n) is 6.58. The molecule has 0 amide bonds. The van der Waals surface area contributed by atoms with Gasteiger partial charge in [0.25, 0.3) is 0 Å². The van der Waals surface area contributed by atoms with Crippen LogP contribution in [-0.2, 0) is 6.54 Å². The average molecular weight is 253 g/mol. The smallest absolute Gasteiger partial charge is 0.0771 e. The van der Waals surface area contributed by atoms with E-state index >= 15 is 0 Å². The van der Waals surface area contributed by atoms with Gasteiger partial charge in [0, 0.05) is 22.8 Å². The van der Waals surface area contributed by atoms with E-state index in [0.29, 0.717) is 0 Å². The van der Waals surface area contributed by atoms with Crippen LogP contribution in [-0.4, -0.2) is 17.3 Å². The second-order valence-corrected chi connectivity index (χ2v) is 6.68. The van der Waals surface area contributed by atoms with Crippen LogP contribution in [0.3, 0.4) is 0 Å². The molecule has 2 nitrogen and oxygen atoms in total. The van der Waals surface area contributed by atoms with E-state index in [9.17, 15) is 5.11 Å². The van der Waals surface area contributed by atoms with Crippen molar-refractivity contribution in [1.82, 2.24) is 5.32 Å². The third-order valence-corrected chi connectivity index (χ3v) is 4.91. The molecule has 1 aromatic rings. The fourth-order valence-electron chi connectivity index (χ4n) is 2.54. The Morgan fingerprint density at radius 2 is 2.00 bits per heavy atom. The number of aliphatic hydroxyl groups is 1. The highest BCUT2D eigenvalue weighted by Crippen LogP contribution is 2.27. The number of thiophene rings is 1. The Bertz CT molecular complexity index is 347. The topological polar surface area (TPSA) is 32.3 Å². The Labute approximate surface area is 108 Å². The maximum absolute atomic E-state index is 10.3. The molecule has 0 radical (unpaired) electrons. The molecule has 1 aromatic heterocycles. The molecule has 1 aliphatic carbocycles. The van der Waals surface area contributed by atoms with Crippen molar-refractivity contribution in [2.24, 2.45) is 0 Å². The summed E-state index contributed by atoms with van der Waals surface area (Å²) in [5.74, 6) is 0. The van der Waals surface area contributed by atoms with Crippen LogP contribution in [0.2, 0.25) is 0 Å². The van der Waals surface area contributed by atoms with E-state index in [4.69, 9.17) is 0 Å². The summed E-state index contributed by atoms with van der Waals surface area (Å²) in [6.45, 7) is 5.95. The van der Waals surface area contributed by atoms with Crippen LogP contribution < -0.4 is 5.32 Å². The molecule has 2 rings (SSSR count). The second kappa shape index (κ2) is 5.51. The molecule has 3 heteroatoms. The summed E-state index contributed by atoms with van der Waals surface area (Å²) in [7, 11) is 0. The van der Waals surface area contributed by atoms with E-state index in [1.807, 2.05) is 11.3 Å². The van der Waals surface area contributed by atoms with Crippen LogP contribution in [0, 0.1) is 13.8 Å². The summed E-state index contributed by atoms with van der Waals surface area (Å²) in [5.41, 5.74) is 0.933. The Balaban J connectivity index is 1.78. The minimum Gasteiger partial charge on any atom is -0.389 e. The molecule has 1 fully saturated rings. The zero-order chi connectivity index (χ0) is 12.3. The van der Waals surface area contributed by atoms with Crippen LogP contribution in [0.5, 0.6) is 0 Å². The van der Waals surface area contributed by atoms with Gasteiger partial charge in [-0.05, 0) is 38.3 Å². The van der Waals surface area contributed by atoms with Gasteiger partial charge in [-0.2, -0.15) is 0 Å². The third kappa shape index (κ3) is 3.54. The molecule has 0 spiro atoms. The van der Waals surface area contributed by atoms with Crippen molar-refractivity contribution in [2.45, 2.75) is 58.1 Å². The molecule has 1 aliphatic rings. The molecule has 96 valence electrons. The zero-order valence-electron chi connectivity index (χ0n) is 10.9. The zero-order valence-corrected chi connectivity index (χ0v) is 11.7. The van der Waals surface area contributed by atoms with Gasteiger partial charge in [0.1, 0.15) is 0 Å². The van der Waals surface area contributed by atoms with Gasteiger partial charge in [-0.1, -0.05) is 19.3 Å². The predicted molar refractivity (Wildman–Crippen MR) is 73.5 cm³/mol. The minimum absolute atomic E-state index is 0.445. The molecule has 0 aromatic carbocycles. The van der Waals surface area contributed by atoms with Crippen LogP contribution >= 0.6 is 11.3 Å². The number of hydrogen-bond acceptors (Lipinski definition) is 3. The highest BCUT2D eigenvalue weighted by molar-refractivity contribution is 7.12. The number of hydrogen-bond donors (Lipinski definition) is 2. The first-order chi connectivity index (χ1) is 8.09. The Hall–Kier alpha value is -0.380. The van der Waals surface area contributed by atoms with Crippen molar-refractivity contribution < 1.29 is 5.11 Å². The minimum atomic E-state index is -0.445. The van der Waals surface area contributed by atoms with Crippen LogP contribution in [0.4, 0.5) is 0 Å². The SMILES string of the molecule is Cc1cc(CNCC2(O)CCCCC2)sc1C. The molecule has 0 saturated heterocycles. The monoisotopic (exact) mass is 253 g/mol. The van der Waals surface area contributed by atoms with E-state index in [1.165, 1.54) is 34.6 Å². The van der Waals surface area contributed by atoms with Crippen molar-refractivity contribution >= 4 is 11.3 Å². The summed E-state index contributed by atoms with van der Waals surface area (Å²) >= 11 is 1.86. The summed E-state index contributed by atoms with van der Waals surface area (Å²) in [4.78, 5) is 2.78. The van der Waals surface area contributed by atoms with Crippen molar-refractivity contribution in [3.05, 3.63) is 21.4 Å². The molecule has 17 heavy (non-hydrogen) atoms. The summed E-state index contributed by atoms with van der Waals surface area (Å²) in [6.07, 6.45) is 5.56. The summed E-state index contributed by atoms with van der Waals surface area (Å²) in [5, 5.41) is 13.8. The largest absolute Gasteiger partial charge is 0.389 e. The molecule has 0 bridgehead atoms. The molecule has 0 unspecified atom stereocenters. The van der Waals surface area contributed by atoms with E-state index in [1.54, 1.807) is 0 Å². The molecule has 2 N–H and O–H groups in total. The predicted octanol–water partition coefficient (Wildman–Crippen LogP) is 3.15. The van der Waals surface area contributed by atoms with Gasteiger partial charge in [0.2, 0.25) is 0 Å². The molecule has 0 aliphatic heterocycles. The molecule has 1 saturated carbocycles. The lowest BCUT2D eigenvalue weighted by Gasteiger charge is -2.32. The summed E-state index contributed by atoms with van der Waals surface area (Å²) < 4.78 is 0. The standard InChI is InChI=1S/C14H23NOS/c1-11-8-13(17-12(11)2)9-15-10-14(16)6-4-3-5-7-14/h8,15-16H,3-7,9-10H2,1-2H3. The molecule has 1 heterocycles. The Morgan fingerprint density at radius 1 is 1.29 bits per heavy atom. The van der Waals surface area contributed by atoms with Gasteiger partial charge in [-0.3, -0.25) is 0 Å². The average Bonchev–Trinajstić information content (AvgIpc) is 2.59.